The van der Waals surface area contributed by atoms with Crippen molar-refractivity contribution in [1.82, 2.24) is 0 Å². The Bertz CT molecular complexity index is 1270. The third-order valence-electron chi connectivity index (χ3n) is 6.29. The molecule has 0 radical (unpaired) electrons. The Hall–Kier alpha value is -3.91. The Kier molecular flexibility index (Phi) is 6.61. The minimum atomic E-state index is -1.09. The summed E-state index contributed by atoms with van der Waals surface area (Å²) in [6.45, 7) is 4.87. The molecule has 0 aromatic heterocycles. The van der Waals surface area contributed by atoms with Gasteiger partial charge in [-0.25, -0.2) is 14.4 Å². The first-order chi connectivity index (χ1) is 17.5. The Balaban J connectivity index is 1.59. The van der Waals surface area contributed by atoms with Gasteiger partial charge in [-0.05, 0) is 55.3 Å². The first kappa shape index (κ1) is 23.8. The number of rotatable bonds is 8. The number of hydroxylamine groups is 1. The summed E-state index contributed by atoms with van der Waals surface area (Å²) in [7, 11) is 0. The van der Waals surface area contributed by atoms with Gasteiger partial charge < -0.3 is 9.47 Å². The summed E-state index contributed by atoms with van der Waals surface area (Å²) in [5, 5.41) is 1.60. The molecule has 0 spiro atoms. The molecule has 7 nitrogen and oxygen atoms in total. The number of para-hydroxylation sites is 2. The Morgan fingerprint density at radius 2 is 1.64 bits per heavy atom. The number of amides is 2. The highest BCUT2D eigenvalue weighted by Gasteiger charge is 2.60. The molecule has 2 fully saturated rings. The number of carbonyl (C=O) groups is 2. The van der Waals surface area contributed by atoms with Crippen LogP contribution in [0.4, 0.5) is 15.8 Å². The van der Waals surface area contributed by atoms with Crippen LogP contribution in [0.1, 0.15) is 31.9 Å². The predicted molar refractivity (Wildman–Crippen MR) is 132 cm³/mol. The van der Waals surface area contributed by atoms with Crippen molar-refractivity contribution in [3.8, 4) is 11.5 Å². The number of carbonyl (C=O) groups excluding carboxylic acids is 2. The molecule has 0 unspecified atom stereocenters. The summed E-state index contributed by atoms with van der Waals surface area (Å²) in [5.74, 6) is -1.48. The number of fused-ring (bicyclic) bond motifs is 1. The van der Waals surface area contributed by atoms with Gasteiger partial charge in [0.15, 0.2) is 17.6 Å². The molecule has 3 aromatic carbocycles. The van der Waals surface area contributed by atoms with E-state index in [0.29, 0.717) is 30.4 Å². The highest BCUT2D eigenvalue weighted by molar-refractivity contribution is 6.24. The molecule has 186 valence electrons. The fourth-order valence-electron chi connectivity index (χ4n) is 4.73. The van der Waals surface area contributed by atoms with E-state index < -0.39 is 35.7 Å². The summed E-state index contributed by atoms with van der Waals surface area (Å²) in [6.07, 6.45) is -0.244. The Morgan fingerprint density at radius 3 is 2.36 bits per heavy atom. The van der Waals surface area contributed by atoms with E-state index in [4.69, 9.17) is 14.3 Å². The number of ether oxygens (including phenoxy) is 2. The second-order valence-electron chi connectivity index (χ2n) is 8.61. The average Bonchev–Trinajstić information content (AvgIpc) is 3.40. The van der Waals surface area contributed by atoms with Crippen LogP contribution in [-0.2, 0) is 14.4 Å². The number of anilines is 2. The lowest BCUT2D eigenvalue weighted by atomic mass is 9.90. The summed E-state index contributed by atoms with van der Waals surface area (Å²) in [6, 6.07) is 19.9. The van der Waals surface area contributed by atoms with E-state index in [1.165, 1.54) is 18.2 Å². The zero-order valence-corrected chi connectivity index (χ0v) is 20.1. The zero-order chi connectivity index (χ0) is 25.2. The standard InChI is InChI=1S/C28H27FN2O5/c1-3-16-35-22-15-14-18(17-23(22)34-4-2)25-24-26(36-31(25)19-10-6-5-7-11-19)28(33)30(27(24)32)21-13-9-8-12-20(21)29/h5-15,17,24-26H,3-4,16H2,1-2H3/t24-,25-,26+/m1/s1. The molecule has 0 aliphatic carbocycles. The zero-order valence-electron chi connectivity index (χ0n) is 20.1. The van der Waals surface area contributed by atoms with Gasteiger partial charge in [0.25, 0.3) is 5.91 Å². The summed E-state index contributed by atoms with van der Waals surface area (Å²) in [4.78, 5) is 34.1. The van der Waals surface area contributed by atoms with Crippen LogP contribution in [0.15, 0.2) is 72.8 Å². The Labute approximate surface area is 208 Å². The molecule has 2 amide bonds. The third-order valence-corrected chi connectivity index (χ3v) is 6.29. The molecule has 0 bridgehead atoms. The van der Waals surface area contributed by atoms with Crippen molar-refractivity contribution in [1.29, 1.82) is 0 Å². The van der Waals surface area contributed by atoms with Crippen LogP contribution in [0.2, 0.25) is 0 Å². The maximum absolute atomic E-state index is 14.6. The van der Waals surface area contributed by atoms with Crippen LogP contribution in [0.5, 0.6) is 11.5 Å². The fourth-order valence-corrected chi connectivity index (χ4v) is 4.73. The van der Waals surface area contributed by atoms with Crippen molar-refractivity contribution in [3.05, 3.63) is 84.2 Å². The van der Waals surface area contributed by atoms with Gasteiger partial charge >= 0.3 is 0 Å². The second-order valence-corrected chi connectivity index (χ2v) is 8.61. The maximum Gasteiger partial charge on any atom is 0.266 e. The first-order valence-corrected chi connectivity index (χ1v) is 12.1. The summed E-state index contributed by atoms with van der Waals surface area (Å²) >= 11 is 0. The van der Waals surface area contributed by atoms with Crippen LogP contribution >= 0.6 is 0 Å². The van der Waals surface area contributed by atoms with E-state index in [9.17, 15) is 14.0 Å². The van der Waals surface area contributed by atoms with E-state index in [2.05, 4.69) is 0 Å². The molecule has 8 heteroatoms. The molecule has 36 heavy (non-hydrogen) atoms. The van der Waals surface area contributed by atoms with Crippen molar-refractivity contribution >= 4 is 23.2 Å². The van der Waals surface area contributed by atoms with E-state index in [0.717, 1.165) is 16.9 Å². The van der Waals surface area contributed by atoms with Crippen LogP contribution in [0, 0.1) is 11.7 Å². The molecular weight excluding hydrogens is 463 g/mol. The number of halogens is 1. The molecule has 2 aliphatic heterocycles. The largest absolute Gasteiger partial charge is 0.490 e. The number of nitrogens with zero attached hydrogens (tertiary/aromatic N) is 2. The van der Waals surface area contributed by atoms with Crippen molar-refractivity contribution < 1.29 is 28.3 Å². The molecule has 2 aliphatic rings. The second kappa shape index (κ2) is 9.99. The van der Waals surface area contributed by atoms with Crippen LogP contribution in [-0.4, -0.2) is 31.1 Å². The molecule has 0 N–H and O–H groups in total. The smallest absolute Gasteiger partial charge is 0.266 e. The van der Waals surface area contributed by atoms with Crippen LogP contribution in [0.25, 0.3) is 0 Å². The minimum Gasteiger partial charge on any atom is -0.490 e. The predicted octanol–water partition coefficient (Wildman–Crippen LogP) is 5.06. The summed E-state index contributed by atoms with van der Waals surface area (Å²) in [5.41, 5.74) is 1.34. The third kappa shape index (κ3) is 4.07. The monoisotopic (exact) mass is 490 g/mol. The van der Waals surface area contributed by atoms with Crippen molar-refractivity contribution in [3.63, 3.8) is 0 Å². The molecule has 5 rings (SSSR count). The highest BCUT2D eigenvalue weighted by Crippen LogP contribution is 2.49. The van der Waals surface area contributed by atoms with Crippen LogP contribution in [0.3, 0.4) is 0 Å². The van der Waals surface area contributed by atoms with Crippen LogP contribution < -0.4 is 19.4 Å². The summed E-state index contributed by atoms with van der Waals surface area (Å²) < 4.78 is 26.3. The maximum atomic E-state index is 14.6. The van der Waals surface area contributed by atoms with Crippen molar-refractivity contribution in [2.45, 2.75) is 32.4 Å². The van der Waals surface area contributed by atoms with Crippen molar-refractivity contribution in [2.75, 3.05) is 23.2 Å². The first-order valence-electron chi connectivity index (χ1n) is 12.1. The topological polar surface area (TPSA) is 68.3 Å². The SMILES string of the molecule is CCCOc1ccc([C@@H]2[C@H]3C(=O)N(c4ccccc4F)C(=O)[C@H]3ON2c2ccccc2)cc1OCC. The quantitative estimate of drug-likeness (QED) is 0.411. The lowest BCUT2D eigenvalue weighted by Gasteiger charge is -2.29. The van der Waals surface area contributed by atoms with Gasteiger partial charge in [-0.15, -0.1) is 0 Å². The van der Waals surface area contributed by atoms with E-state index in [1.54, 1.807) is 11.1 Å². The number of benzene rings is 3. The molecule has 3 aromatic rings. The normalized spacial score (nSPS) is 21.1. The number of imide groups is 1. The van der Waals surface area contributed by atoms with Gasteiger partial charge in [-0.2, -0.15) is 0 Å². The van der Waals surface area contributed by atoms with Gasteiger partial charge in [-0.1, -0.05) is 43.3 Å². The molecule has 0 saturated carbocycles. The molecule has 2 heterocycles. The van der Waals surface area contributed by atoms with Gasteiger partial charge in [0.05, 0.1) is 30.6 Å². The molecule has 3 atom stereocenters. The highest BCUT2D eigenvalue weighted by atomic mass is 19.1. The van der Waals surface area contributed by atoms with E-state index in [-0.39, 0.29) is 5.69 Å². The average molecular weight is 491 g/mol. The fraction of sp³-hybridized carbons (Fsp3) is 0.286. The minimum absolute atomic E-state index is 0.0752. The van der Waals surface area contributed by atoms with E-state index >= 15 is 0 Å². The Morgan fingerprint density at radius 1 is 0.889 bits per heavy atom. The lowest BCUT2D eigenvalue weighted by Crippen LogP contribution is -2.37. The molecule has 2 saturated heterocycles. The van der Waals surface area contributed by atoms with Gasteiger partial charge in [0, 0.05) is 0 Å². The lowest BCUT2D eigenvalue weighted by molar-refractivity contribution is -0.126. The molecular formula is C28H27FN2O5. The van der Waals surface area contributed by atoms with Gasteiger partial charge in [0.1, 0.15) is 11.7 Å². The van der Waals surface area contributed by atoms with Gasteiger partial charge in [-0.3, -0.25) is 14.4 Å². The van der Waals surface area contributed by atoms with E-state index in [1.807, 2.05) is 62.4 Å². The van der Waals surface area contributed by atoms with Gasteiger partial charge in [0.2, 0.25) is 5.91 Å². The number of hydrogen-bond acceptors (Lipinski definition) is 6. The van der Waals surface area contributed by atoms with Crippen molar-refractivity contribution in [2.24, 2.45) is 5.92 Å². The number of hydrogen-bond donors (Lipinski definition) is 0.